The van der Waals surface area contributed by atoms with Gasteiger partial charge in [0.05, 0.1) is 27.9 Å². The molecule has 0 radical (unpaired) electrons. The van der Waals surface area contributed by atoms with Gasteiger partial charge >= 0.3 is 5.97 Å². The highest BCUT2D eigenvalue weighted by Gasteiger charge is 2.40. The van der Waals surface area contributed by atoms with Crippen molar-refractivity contribution in [1.82, 2.24) is 0 Å². The summed E-state index contributed by atoms with van der Waals surface area (Å²) in [5, 5.41) is 3.75. The van der Waals surface area contributed by atoms with Crippen LogP contribution in [-0.4, -0.2) is 24.4 Å². The van der Waals surface area contributed by atoms with Crippen molar-refractivity contribution in [1.29, 1.82) is 0 Å². The summed E-state index contributed by atoms with van der Waals surface area (Å²) in [6.07, 6.45) is 1.70. The molecule has 0 saturated heterocycles. The Morgan fingerprint density at radius 1 is 0.946 bits per heavy atom. The molecule has 0 bridgehead atoms. The van der Waals surface area contributed by atoms with E-state index in [0.717, 1.165) is 28.2 Å². The topological polar surface area (TPSA) is 75.7 Å². The van der Waals surface area contributed by atoms with E-state index in [2.05, 4.69) is 5.32 Å². The Kier molecular flexibility index (Phi) is 8.59. The normalized spacial score (nSPS) is 13.4. The molecule has 0 saturated carbocycles. The molecule has 1 aliphatic rings. The van der Waals surface area contributed by atoms with Crippen molar-refractivity contribution < 1.29 is 19.1 Å². The number of carbonyl (C=O) groups is 3. The van der Waals surface area contributed by atoms with Gasteiger partial charge in [-0.05, 0) is 67.9 Å². The van der Waals surface area contributed by atoms with Crippen molar-refractivity contribution in [2.75, 3.05) is 16.8 Å². The van der Waals surface area contributed by atoms with Gasteiger partial charge in [0.25, 0.3) is 11.8 Å². The third-order valence-electron chi connectivity index (χ3n) is 5.56. The number of amides is 2. The van der Waals surface area contributed by atoms with Crippen molar-refractivity contribution in [3.05, 3.63) is 98.5 Å². The summed E-state index contributed by atoms with van der Waals surface area (Å²) in [6, 6.07) is 18.7. The fourth-order valence-electron chi connectivity index (χ4n) is 3.53. The van der Waals surface area contributed by atoms with Gasteiger partial charge < -0.3 is 10.1 Å². The number of imide groups is 1. The van der Waals surface area contributed by atoms with Crippen LogP contribution in [0.4, 0.5) is 11.4 Å². The lowest BCUT2D eigenvalue weighted by atomic mass is 10.2. The van der Waals surface area contributed by atoms with Gasteiger partial charge in [-0.25, -0.2) is 9.69 Å². The second kappa shape index (κ2) is 11.9. The van der Waals surface area contributed by atoms with Crippen LogP contribution in [0.2, 0.25) is 10.0 Å². The van der Waals surface area contributed by atoms with Gasteiger partial charge in [0.2, 0.25) is 0 Å². The Labute approximate surface area is 229 Å². The smallest absolute Gasteiger partial charge is 0.338 e. The summed E-state index contributed by atoms with van der Waals surface area (Å²) in [6.45, 7) is 4.32. The van der Waals surface area contributed by atoms with Gasteiger partial charge in [0.1, 0.15) is 10.6 Å². The van der Waals surface area contributed by atoms with Crippen molar-refractivity contribution >= 4 is 64.1 Å². The number of thioether (sulfide) groups is 1. The lowest BCUT2D eigenvalue weighted by Crippen LogP contribution is -2.32. The quantitative estimate of drug-likeness (QED) is 0.170. The predicted octanol–water partition coefficient (Wildman–Crippen LogP) is 7.25. The first-order valence-electron chi connectivity index (χ1n) is 11.7. The number of rotatable bonds is 9. The van der Waals surface area contributed by atoms with Crippen molar-refractivity contribution in [3.63, 3.8) is 0 Å². The molecule has 9 heteroatoms. The highest BCUT2D eigenvalue weighted by molar-refractivity contribution is 8.04. The molecule has 0 spiro atoms. The maximum Gasteiger partial charge on any atom is 0.338 e. The number of halogens is 2. The predicted molar refractivity (Wildman–Crippen MR) is 148 cm³/mol. The minimum absolute atomic E-state index is 0.122. The Bertz CT molecular complexity index is 1370. The largest absolute Gasteiger partial charge is 0.462 e. The molecule has 0 atom stereocenters. The van der Waals surface area contributed by atoms with E-state index in [4.69, 9.17) is 27.9 Å². The SMILES string of the molecule is CCCCOC(=O)c1ccc(N2C(=O)C(Nc3ccc(Cl)c(Cl)c3)=C(Sc3ccc(C)cc3)C2=O)cc1. The van der Waals surface area contributed by atoms with Crippen molar-refractivity contribution in [2.24, 2.45) is 0 Å². The number of nitrogens with one attached hydrogen (secondary N) is 1. The van der Waals surface area contributed by atoms with Crippen LogP contribution >= 0.6 is 35.0 Å². The van der Waals surface area contributed by atoms with Crippen LogP contribution in [0.25, 0.3) is 0 Å². The standard InChI is InChI=1S/C28H24Cl2N2O4S/c1-3-4-15-36-28(35)18-7-10-20(11-8-18)32-26(33)24(31-19-9-14-22(29)23(30)16-19)25(27(32)34)37-21-12-5-17(2)6-13-21/h5-14,16,31H,3-4,15H2,1-2H3. The van der Waals surface area contributed by atoms with E-state index in [1.165, 1.54) is 11.8 Å². The van der Waals surface area contributed by atoms with Crippen molar-refractivity contribution in [2.45, 2.75) is 31.6 Å². The van der Waals surface area contributed by atoms with E-state index < -0.39 is 17.8 Å². The molecule has 3 aromatic rings. The van der Waals surface area contributed by atoms with Crippen LogP contribution in [-0.2, 0) is 14.3 Å². The Hall–Kier alpha value is -3.26. The molecule has 2 amide bonds. The van der Waals surface area contributed by atoms with Crippen molar-refractivity contribution in [3.8, 4) is 0 Å². The third-order valence-corrected chi connectivity index (χ3v) is 7.39. The van der Waals surface area contributed by atoms with E-state index in [1.54, 1.807) is 42.5 Å². The fraction of sp³-hybridized carbons (Fsp3) is 0.179. The van der Waals surface area contributed by atoms with E-state index >= 15 is 0 Å². The van der Waals surface area contributed by atoms with E-state index in [0.29, 0.717) is 33.6 Å². The van der Waals surface area contributed by atoms with Crippen LogP contribution < -0.4 is 10.2 Å². The Morgan fingerprint density at radius 3 is 2.30 bits per heavy atom. The third kappa shape index (κ3) is 6.18. The van der Waals surface area contributed by atoms with E-state index in [1.807, 2.05) is 38.1 Å². The van der Waals surface area contributed by atoms with Gasteiger partial charge in [0, 0.05) is 10.6 Å². The van der Waals surface area contributed by atoms with Gasteiger partial charge in [0.15, 0.2) is 0 Å². The molecule has 1 aliphatic heterocycles. The number of hydrogen-bond donors (Lipinski definition) is 1. The molecule has 37 heavy (non-hydrogen) atoms. The molecule has 1 N–H and O–H groups in total. The number of carbonyl (C=O) groups excluding carboxylic acids is 3. The number of hydrogen-bond acceptors (Lipinski definition) is 6. The second-order valence-electron chi connectivity index (χ2n) is 8.36. The van der Waals surface area contributed by atoms with E-state index in [9.17, 15) is 14.4 Å². The minimum atomic E-state index is -0.524. The summed E-state index contributed by atoms with van der Waals surface area (Å²) in [7, 11) is 0. The summed E-state index contributed by atoms with van der Waals surface area (Å²) >= 11 is 13.4. The molecule has 3 aromatic carbocycles. The number of esters is 1. The number of unbranched alkanes of at least 4 members (excludes halogenated alkanes) is 1. The van der Waals surface area contributed by atoms with Crippen LogP contribution in [0.5, 0.6) is 0 Å². The average Bonchev–Trinajstić information content (AvgIpc) is 3.11. The Morgan fingerprint density at radius 2 is 1.65 bits per heavy atom. The zero-order valence-corrected chi connectivity index (χ0v) is 22.5. The number of benzene rings is 3. The first kappa shape index (κ1) is 26.8. The maximum absolute atomic E-state index is 13.6. The highest BCUT2D eigenvalue weighted by Crippen LogP contribution is 2.38. The molecule has 0 fully saturated rings. The molecule has 1 heterocycles. The monoisotopic (exact) mass is 554 g/mol. The lowest BCUT2D eigenvalue weighted by molar-refractivity contribution is -0.120. The molecule has 6 nitrogen and oxygen atoms in total. The first-order chi connectivity index (χ1) is 17.8. The van der Waals surface area contributed by atoms with Crippen LogP contribution in [0.3, 0.4) is 0 Å². The molecule has 0 unspecified atom stereocenters. The summed E-state index contributed by atoms with van der Waals surface area (Å²) in [4.78, 5) is 41.5. The van der Waals surface area contributed by atoms with E-state index in [-0.39, 0.29) is 10.6 Å². The molecule has 4 rings (SSSR count). The summed E-state index contributed by atoms with van der Waals surface area (Å²) in [5.41, 5.74) is 2.40. The molecular formula is C28H24Cl2N2O4S. The van der Waals surface area contributed by atoms with Crippen LogP contribution in [0, 0.1) is 6.92 Å². The van der Waals surface area contributed by atoms with Crippen LogP contribution in [0.1, 0.15) is 35.7 Å². The Balaban J connectivity index is 1.64. The molecular weight excluding hydrogens is 531 g/mol. The summed E-state index contributed by atoms with van der Waals surface area (Å²) in [5.74, 6) is -1.45. The zero-order valence-electron chi connectivity index (χ0n) is 20.2. The van der Waals surface area contributed by atoms with Gasteiger partial charge in [-0.1, -0.05) is 66.0 Å². The number of aryl methyl sites for hydroxylation is 1. The highest BCUT2D eigenvalue weighted by atomic mass is 35.5. The average molecular weight is 555 g/mol. The maximum atomic E-state index is 13.6. The molecule has 190 valence electrons. The lowest BCUT2D eigenvalue weighted by Gasteiger charge is -2.16. The fourth-order valence-corrected chi connectivity index (χ4v) is 4.76. The summed E-state index contributed by atoms with van der Waals surface area (Å²) < 4.78 is 5.24. The second-order valence-corrected chi connectivity index (χ2v) is 10.3. The first-order valence-corrected chi connectivity index (χ1v) is 13.2. The van der Waals surface area contributed by atoms with Gasteiger partial charge in [-0.3, -0.25) is 9.59 Å². The van der Waals surface area contributed by atoms with Crippen LogP contribution in [0.15, 0.2) is 82.2 Å². The number of nitrogens with zero attached hydrogens (tertiary/aromatic N) is 1. The number of anilines is 2. The number of ether oxygens (including phenoxy) is 1. The molecule has 0 aliphatic carbocycles. The zero-order chi connectivity index (χ0) is 26.5. The van der Waals surface area contributed by atoms with Gasteiger partial charge in [-0.15, -0.1) is 0 Å². The van der Waals surface area contributed by atoms with Gasteiger partial charge in [-0.2, -0.15) is 0 Å². The molecule has 0 aromatic heterocycles. The minimum Gasteiger partial charge on any atom is -0.462 e.